The third kappa shape index (κ3) is 4.08. The Morgan fingerprint density at radius 1 is 1.19 bits per heavy atom. The summed E-state index contributed by atoms with van der Waals surface area (Å²) in [5.41, 5.74) is 1.32. The predicted molar refractivity (Wildman–Crippen MR) is 93.3 cm³/mol. The van der Waals surface area contributed by atoms with Crippen molar-refractivity contribution in [1.82, 2.24) is 0 Å². The van der Waals surface area contributed by atoms with Crippen LogP contribution in [0.1, 0.15) is 5.56 Å². The lowest BCUT2D eigenvalue weighted by atomic mass is 10.1. The third-order valence-electron chi connectivity index (χ3n) is 3.76. The van der Waals surface area contributed by atoms with E-state index < -0.39 is 17.7 Å². The maximum atomic E-state index is 14.3. The van der Waals surface area contributed by atoms with Gasteiger partial charge in [0.05, 0.1) is 18.8 Å². The third-order valence-corrected chi connectivity index (χ3v) is 3.76. The highest BCUT2D eigenvalue weighted by molar-refractivity contribution is 5.99. The minimum absolute atomic E-state index is 0.0203. The molecular weight excluding hydrogens is 344 g/mol. The van der Waals surface area contributed by atoms with Crippen LogP contribution in [0, 0.1) is 11.6 Å². The summed E-state index contributed by atoms with van der Waals surface area (Å²) in [6.45, 7) is 0.631. The number of carbonyl (C=O) groups is 1. The van der Waals surface area contributed by atoms with Crippen molar-refractivity contribution in [1.29, 1.82) is 0 Å². The molecule has 3 rings (SSSR count). The van der Waals surface area contributed by atoms with Crippen molar-refractivity contribution < 1.29 is 23.1 Å². The fourth-order valence-corrected chi connectivity index (χ4v) is 2.56. The van der Waals surface area contributed by atoms with Crippen LogP contribution < -0.4 is 10.2 Å². The number of carbonyl (C=O) groups excluding carboxylic acids is 1. The van der Waals surface area contributed by atoms with Gasteiger partial charge in [0.1, 0.15) is 19.4 Å². The zero-order chi connectivity index (χ0) is 18.5. The minimum atomic E-state index is -0.793. The van der Waals surface area contributed by atoms with Crippen LogP contribution in [0.2, 0.25) is 0 Å². The van der Waals surface area contributed by atoms with Crippen molar-refractivity contribution in [3.05, 3.63) is 59.7 Å². The average Bonchev–Trinajstić information content (AvgIpc) is 2.58. The monoisotopic (exact) mass is 361 g/mol. The average molecular weight is 361 g/mol. The molecule has 1 amide bonds. The van der Waals surface area contributed by atoms with Crippen molar-refractivity contribution >= 4 is 23.2 Å². The molecule has 0 unspecified atom stereocenters. The summed E-state index contributed by atoms with van der Waals surface area (Å²) < 4.78 is 33.5. The van der Waals surface area contributed by atoms with Crippen LogP contribution in [-0.4, -0.2) is 32.0 Å². The van der Waals surface area contributed by atoms with Crippen LogP contribution in [0.15, 0.2) is 47.6 Å². The molecule has 0 aromatic heterocycles. The second kappa shape index (κ2) is 7.81. The molecule has 8 heteroatoms. The van der Waals surface area contributed by atoms with E-state index in [1.54, 1.807) is 12.1 Å². The van der Waals surface area contributed by atoms with Crippen LogP contribution in [-0.2, 0) is 16.2 Å². The topological polar surface area (TPSA) is 63.2 Å². The number of halogens is 2. The van der Waals surface area contributed by atoms with Gasteiger partial charge >= 0.3 is 6.09 Å². The summed E-state index contributed by atoms with van der Waals surface area (Å²) in [4.78, 5) is 17.9. The molecule has 2 aromatic carbocycles. The molecule has 0 saturated carbocycles. The number of hydrogen-bond donors (Lipinski definition) is 1. The number of amides is 1. The van der Waals surface area contributed by atoms with Crippen molar-refractivity contribution in [2.45, 2.75) is 6.61 Å². The summed E-state index contributed by atoms with van der Waals surface area (Å²) in [6, 6.07) is 11.2. The van der Waals surface area contributed by atoms with Gasteiger partial charge in [-0.15, -0.1) is 0 Å². The van der Waals surface area contributed by atoms with Crippen molar-refractivity contribution in [2.24, 2.45) is 5.16 Å². The number of benzene rings is 2. The Bertz CT molecular complexity index is 797. The number of ether oxygens (including phenoxy) is 1. The van der Waals surface area contributed by atoms with Crippen LogP contribution in [0.3, 0.4) is 0 Å². The van der Waals surface area contributed by atoms with Crippen LogP contribution >= 0.6 is 0 Å². The van der Waals surface area contributed by atoms with E-state index in [1.807, 2.05) is 18.2 Å². The fraction of sp³-hybridized carbons (Fsp3) is 0.222. The molecule has 26 heavy (non-hydrogen) atoms. The molecule has 1 N–H and O–H groups in total. The molecule has 1 saturated heterocycles. The summed E-state index contributed by atoms with van der Waals surface area (Å²) in [7, 11) is 1.41. The maximum absolute atomic E-state index is 14.3. The van der Waals surface area contributed by atoms with E-state index in [0.29, 0.717) is 5.71 Å². The molecule has 6 nitrogen and oxygen atoms in total. The Morgan fingerprint density at radius 2 is 1.85 bits per heavy atom. The second-order valence-corrected chi connectivity index (χ2v) is 5.67. The molecule has 0 aliphatic carbocycles. The number of nitrogens with zero attached hydrogens (tertiary/aromatic N) is 2. The van der Waals surface area contributed by atoms with Gasteiger partial charge in [-0.2, -0.15) is 0 Å². The van der Waals surface area contributed by atoms with Gasteiger partial charge in [0, 0.05) is 5.69 Å². The van der Waals surface area contributed by atoms with Crippen LogP contribution in [0.5, 0.6) is 0 Å². The predicted octanol–water partition coefficient (Wildman–Crippen LogP) is 3.54. The molecule has 0 bridgehead atoms. The molecule has 1 fully saturated rings. The molecular formula is C18H17F2N3O3. The normalized spacial score (nSPS) is 13.0. The van der Waals surface area contributed by atoms with E-state index in [0.717, 1.165) is 17.7 Å². The molecule has 0 atom stereocenters. The first kappa shape index (κ1) is 17.7. The zero-order valence-electron chi connectivity index (χ0n) is 14.0. The zero-order valence-corrected chi connectivity index (χ0v) is 14.0. The molecule has 2 aromatic rings. The Labute approximate surface area is 149 Å². The summed E-state index contributed by atoms with van der Waals surface area (Å²) in [5.74, 6) is -1.56. The Balaban J connectivity index is 1.61. The van der Waals surface area contributed by atoms with Crippen LogP contribution in [0.25, 0.3) is 0 Å². The van der Waals surface area contributed by atoms with E-state index >= 15 is 0 Å². The van der Waals surface area contributed by atoms with Gasteiger partial charge in [-0.1, -0.05) is 35.5 Å². The molecule has 1 aliphatic rings. The Kier molecular flexibility index (Phi) is 5.31. The second-order valence-electron chi connectivity index (χ2n) is 5.67. The molecule has 1 heterocycles. The minimum Gasteiger partial charge on any atom is -0.444 e. The summed E-state index contributed by atoms with van der Waals surface area (Å²) >= 11 is 0. The summed E-state index contributed by atoms with van der Waals surface area (Å²) in [6.07, 6.45) is -0.793. The first-order valence-corrected chi connectivity index (χ1v) is 7.87. The summed E-state index contributed by atoms with van der Waals surface area (Å²) in [5, 5.41) is 6.05. The highest BCUT2D eigenvalue weighted by Gasteiger charge is 2.28. The van der Waals surface area contributed by atoms with Gasteiger partial charge in [-0.25, -0.2) is 13.6 Å². The van der Waals surface area contributed by atoms with E-state index in [4.69, 9.17) is 4.74 Å². The van der Waals surface area contributed by atoms with E-state index in [2.05, 4.69) is 15.3 Å². The Morgan fingerprint density at radius 3 is 2.46 bits per heavy atom. The first-order chi connectivity index (χ1) is 12.6. The van der Waals surface area contributed by atoms with Gasteiger partial charge in [-0.3, -0.25) is 5.32 Å². The number of oxime groups is 1. The van der Waals surface area contributed by atoms with Gasteiger partial charge in [0.15, 0.2) is 11.6 Å². The fourth-order valence-electron chi connectivity index (χ4n) is 2.56. The lowest BCUT2D eigenvalue weighted by Gasteiger charge is -2.34. The van der Waals surface area contributed by atoms with Crippen LogP contribution in [0.4, 0.5) is 25.0 Å². The van der Waals surface area contributed by atoms with Gasteiger partial charge < -0.3 is 14.5 Å². The van der Waals surface area contributed by atoms with E-state index in [1.165, 1.54) is 12.0 Å². The SMILES string of the molecule is CON=C1CN(c2c(F)cc(NC(=O)OCc3ccccc3)cc2F)C1. The molecule has 0 radical (unpaired) electrons. The maximum Gasteiger partial charge on any atom is 0.411 e. The molecule has 1 aliphatic heterocycles. The largest absolute Gasteiger partial charge is 0.444 e. The number of anilines is 2. The van der Waals surface area contributed by atoms with Gasteiger partial charge in [0.2, 0.25) is 0 Å². The highest BCUT2D eigenvalue weighted by Crippen LogP contribution is 2.29. The highest BCUT2D eigenvalue weighted by atomic mass is 19.1. The van der Waals surface area contributed by atoms with E-state index in [-0.39, 0.29) is 31.1 Å². The van der Waals surface area contributed by atoms with E-state index in [9.17, 15) is 13.6 Å². The smallest absolute Gasteiger partial charge is 0.411 e. The first-order valence-electron chi connectivity index (χ1n) is 7.87. The van der Waals surface area contributed by atoms with Crippen molar-refractivity contribution in [3.63, 3.8) is 0 Å². The van der Waals surface area contributed by atoms with Crippen molar-refractivity contribution in [2.75, 3.05) is 30.4 Å². The Hall–Kier alpha value is -3.16. The number of hydrogen-bond acceptors (Lipinski definition) is 5. The quantitative estimate of drug-likeness (QED) is 0.828. The number of rotatable bonds is 5. The van der Waals surface area contributed by atoms with Crippen molar-refractivity contribution in [3.8, 4) is 0 Å². The lowest BCUT2D eigenvalue weighted by molar-refractivity contribution is 0.155. The van der Waals surface area contributed by atoms with Gasteiger partial charge in [0.25, 0.3) is 0 Å². The lowest BCUT2D eigenvalue weighted by Crippen LogP contribution is -2.48. The number of nitrogens with one attached hydrogen (secondary N) is 1. The molecule has 136 valence electrons. The standard InChI is InChI=1S/C18H17F2N3O3/c1-25-22-14-9-23(10-14)17-15(19)7-13(8-16(17)20)21-18(24)26-11-12-5-3-2-4-6-12/h2-8H,9-11H2,1H3,(H,21,24). The molecule has 0 spiro atoms. The van der Waals surface area contributed by atoms with Gasteiger partial charge in [-0.05, 0) is 17.7 Å².